The third kappa shape index (κ3) is 2.72. The highest BCUT2D eigenvalue weighted by Gasteiger charge is 2.78. The topological polar surface area (TPSA) is 13.0 Å². The Balaban J connectivity index is 2.56. The van der Waals surface area contributed by atoms with E-state index < -0.39 is 0 Å². The van der Waals surface area contributed by atoms with E-state index in [9.17, 15) is 0 Å². The van der Waals surface area contributed by atoms with Crippen LogP contribution >= 0.6 is 0 Å². The highest BCUT2D eigenvalue weighted by molar-refractivity contribution is 5.33. The van der Waals surface area contributed by atoms with Crippen LogP contribution in [0.25, 0.3) is 0 Å². The van der Waals surface area contributed by atoms with Crippen LogP contribution in [-0.2, 0) is 0 Å². The summed E-state index contributed by atoms with van der Waals surface area (Å²) in [7, 11) is 0. The molecule has 0 aromatic carbocycles. The van der Waals surface area contributed by atoms with E-state index in [-0.39, 0.29) is 50.6 Å². The molecule has 0 saturated carbocycles. The molecule has 0 aromatic rings. The van der Waals surface area contributed by atoms with Gasteiger partial charge >= 0.3 is 0 Å². The number of allylic oxidation sites excluding steroid dienone is 2. The van der Waals surface area contributed by atoms with Crippen molar-refractivity contribution >= 4 is 0 Å². The molecule has 3 saturated heterocycles. The summed E-state index contributed by atoms with van der Waals surface area (Å²) >= 11 is 0. The average Bonchev–Trinajstić information content (AvgIpc) is 2.85. The second kappa shape index (κ2) is 6.84. The van der Waals surface area contributed by atoms with Gasteiger partial charge in [-0.25, -0.2) is 0 Å². The lowest BCUT2D eigenvalue weighted by molar-refractivity contribution is -0.215. The molecule has 0 aromatic heterocycles. The highest BCUT2D eigenvalue weighted by atomic mass is 15.7. The summed E-state index contributed by atoms with van der Waals surface area (Å²) in [4.78, 5) is 11.5. The Hall–Kier alpha value is -0.580. The Morgan fingerprint density at radius 3 is 0.794 bits per heavy atom. The maximum atomic E-state index is 2.90. The predicted molar refractivity (Wildman–Crippen MR) is 148 cm³/mol. The fourth-order valence-corrected chi connectivity index (χ4v) is 8.25. The molecule has 3 fully saturated rings. The van der Waals surface area contributed by atoms with Gasteiger partial charge in [0.05, 0.1) is 11.1 Å². The van der Waals surface area contributed by atoms with Crippen LogP contribution in [0.3, 0.4) is 0 Å². The van der Waals surface area contributed by atoms with Crippen LogP contribution in [0.1, 0.15) is 132 Å². The molecule has 3 rings (SSSR count). The molecule has 4 heteroatoms. The van der Waals surface area contributed by atoms with E-state index in [0.717, 1.165) is 0 Å². The zero-order valence-corrected chi connectivity index (χ0v) is 26.4. The molecule has 0 aliphatic carbocycles. The van der Waals surface area contributed by atoms with Gasteiger partial charge in [0.25, 0.3) is 0 Å². The summed E-state index contributed by atoms with van der Waals surface area (Å²) in [6.07, 6.45) is 0.215. The second-order valence-electron chi connectivity index (χ2n) is 15.8. The zero-order valence-electron chi connectivity index (χ0n) is 26.4. The molecule has 0 radical (unpaired) electrons. The Bertz CT molecular complexity index is 833. The minimum absolute atomic E-state index is 0.0124. The minimum Gasteiger partial charge on any atom is -0.361 e. The third-order valence-electron chi connectivity index (χ3n) is 12.5. The van der Waals surface area contributed by atoms with Crippen molar-refractivity contribution in [3.63, 3.8) is 0 Å². The fourth-order valence-electron chi connectivity index (χ4n) is 8.25. The number of hydrogen-bond acceptors (Lipinski definition) is 4. The molecule has 0 spiro atoms. The van der Waals surface area contributed by atoms with Crippen LogP contribution in [0.15, 0.2) is 11.3 Å². The largest absolute Gasteiger partial charge is 0.361 e. The summed E-state index contributed by atoms with van der Waals surface area (Å²) < 4.78 is 0. The molecule has 3 aliphatic rings. The molecular weight excluding hydrogens is 416 g/mol. The molecule has 4 nitrogen and oxygen atoms in total. The second-order valence-corrected chi connectivity index (χ2v) is 15.8. The van der Waals surface area contributed by atoms with Crippen LogP contribution in [-0.4, -0.2) is 70.2 Å². The first-order valence-electron chi connectivity index (χ1n) is 13.5. The van der Waals surface area contributed by atoms with Gasteiger partial charge in [-0.15, -0.1) is 0 Å². The minimum atomic E-state index is -0.124. The van der Waals surface area contributed by atoms with Crippen molar-refractivity contribution in [1.29, 1.82) is 0 Å². The van der Waals surface area contributed by atoms with Gasteiger partial charge in [-0.1, -0.05) is 5.57 Å². The lowest BCUT2D eigenvalue weighted by Gasteiger charge is -2.71. The molecule has 0 bridgehead atoms. The summed E-state index contributed by atoms with van der Waals surface area (Å²) in [5, 5.41) is 0. The van der Waals surface area contributed by atoms with Crippen molar-refractivity contribution in [3.8, 4) is 0 Å². The average molecular weight is 475 g/mol. The maximum absolute atomic E-state index is 2.90. The Kier molecular flexibility index (Phi) is 5.63. The van der Waals surface area contributed by atoms with E-state index in [1.165, 1.54) is 11.3 Å². The molecule has 0 N–H and O–H groups in total. The van der Waals surface area contributed by atoms with E-state index in [4.69, 9.17) is 0 Å². The maximum Gasteiger partial charge on any atom is 0.122 e. The predicted octanol–water partition coefficient (Wildman–Crippen LogP) is 7.06. The van der Waals surface area contributed by atoms with Crippen LogP contribution in [0.2, 0.25) is 0 Å². The molecule has 198 valence electrons. The SMILES string of the molecule is CC(C)=C(C)N1C(C)(C)C(C)(C)N2C3N(C(C)(C)C1(C)C)C(C)(C)C(C)(C)N3C(C)(C)C2(C)C. The van der Waals surface area contributed by atoms with Crippen LogP contribution in [0.4, 0.5) is 0 Å². The van der Waals surface area contributed by atoms with Gasteiger partial charge in [0.2, 0.25) is 0 Å². The van der Waals surface area contributed by atoms with Crippen molar-refractivity contribution < 1.29 is 0 Å². The Morgan fingerprint density at radius 2 is 0.588 bits per heavy atom. The molecule has 3 heterocycles. The molecule has 3 aliphatic heterocycles. The van der Waals surface area contributed by atoms with Gasteiger partial charge in [0, 0.05) is 38.9 Å². The Morgan fingerprint density at radius 1 is 0.382 bits per heavy atom. The van der Waals surface area contributed by atoms with E-state index in [2.05, 4.69) is 151 Å². The summed E-state index contributed by atoms with van der Waals surface area (Å²) in [5.41, 5.74) is 2.22. The van der Waals surface area contributed by atoms with Gasteiger partial charge < -0.3 is 4.90 Å². The van der Waals surface area contributed by atoms with E-state index in [1.807, 2.05) is 0 Å². The fraction of sp³-hybridized carbons (Fsp3) is 0.933. The lowest BCUT2D eigenvalue weighted by atomic mass is 9.66. The lowest BCUT2D eigenvalue weighted by Crippen LogP contribution is -2.83. The third-order valence-corrected chi connectivity index (χ3v) is 12.5. The highest BCUT2D eigenvalue weighted by Crippen LogP contribution is 2.64. The van der Waals surface area contributed by atoms with Gasteiger partial charge in [-0.05, 0) is 132 Å². The zero-order chi connectivity index (χ0) is 27.0. The van der Waals surface area contributed by atoms with Crippen LogP contribution in [0, 0.1) is 0 Å². The van der Waals surface area contributed by atoms with Gasteiger partial charge in [0.1, 0.15) is 6.29 Å². The van der Waals surface area contributed by atoms with Crippen LogP contribution < -0.4 is 0 Å². The summed E-state index contributed by atoms with van der Waals surface area (Å²) in [5.74, 6) is 0. The monoisotopic (exact) mass is 474 g/mol. The number of nitrogens with zero attached hydrogens (tertiary/aromatic N) is 4. The quantitative estimate of drug-likeness (QED) is 0.403. The number of hydrogen-bond donors (Lipinski definition) is 0. The molecular formula is C30H58N4. The van der Waals surface area contributed by atoms with Gasteiger partial charge in [-0.3, -0.25) is 14.7 Å². The first kappa shape index (κ1) is 28.0. The summed E-state index contributed by atoms with van der Waals surface area (Å²) in [6.45, 7) is 46.8. The van der Waals surface area contributed by atoms with Crippen LogP contribution in [0.5, 0.6) is 0 Å². The van der Waals surface area contributed by atoms with E-state index in [0.29, 0.717) is 0 Å². The van der Waals surface area contributed by atoms with E-state index in [1.54, 1.807) is 0 Å². The van der Waals surface area contributed by atoms with Gasteiger partial charge in [-0.2, -0.15) is 0 Å². The van der Waals surface area contributed by atoms with Crippen molar-refractivity contribution in [1.82, 2.24) is 19.6 Å². The summed E-state index contributed by atoms with van der Waals surface area (Å²) in [6, 6.07) is 0. The standard InChI is InChI=1S/C30H58N4/c1-20(2)21(3)31-23(4,5)25(8,9)32-22-33(26(10,11)24(31,6)7)28(14,15)30(18,19)34(22)29(16,17)27(32,12)13/h22H,1-19H3. The molecule has 0 amide bonds. The van der Waals surface area contributed by atoms with Crippen molar-refractivity contribution in [3.05, 3.63) is 11.3 Å². The van der Waals surface area contributed by atoms with Crippen molar-refractivity contribution in [2.45, 2.75) is 182 Å². The van der Waals surface area contributed by atoms with E-state index >= 15 is 0 Å². The first-order valence-corrected chi connectivity index (χ1v) is 13.5. The molecule has 0 unspecified atom stereocenters. The number of rotatable bonds is 1. The normalized spacial score (nSPS) is 32.7. The smallest absolute Gasteiger partial charge is 0.122 e. The van der Waals surface area contributed by atoms with Crippen molar-refractivity contribution in [2.75, 3.05) is 0 Å². The Labute approximate surface area is 213 Å². The van der Waals surface area contributed by atoms with Gasteiger partial charge in [0.15, 0.2) is 0 Å². The first-order chi connectivity index (χ1) is 14.7. The molecule has 0 atom stereocenters. The van der Waals surface area contributed by atoms with Crippen molar-refractivity contribution in [2.24, 2.45) is 0 Å². The molecule has 34 heavy (non-hydrogen) atoms.